The van der Waals surface area contributed by atoms with Crippen molar-refractivity contribution in [3.8, 4) is 0 Å². The van der Waals surface area contributed by atoms with Crippen molar-refractivity contribution in [3.63, 3.8) is 0 Å². The highest BCUT2D eigenvalue weighted by molar-refractivity contribution is 7.71. The summed E-state index contributed by atoms with van der Waals surface area (Å²) in [6.45, 7) is -1.26. The molecule has 4 aromatic rings. The summed E-state index contributed by atoms with van der Waals surface area (Å²) >= 11 is 10.4. The third kappa shape index (κ3) is 6.86. The van der Waals surface area contributed by atoms with E-state index in [1.807, 2.05) is 0 Å². The fourth-order valence-corrected chi connectivity index (χ4v) is 6.85. The average Bonchev–Trinajstić information content (AvgIpc) is 3.71. The zero-order valence-corrected chi connectivity index (χ0v) is 26.1. The molecule has 2 aliphatic rings. The van der Waals surface area contributed by atoms with Gasteiger partial charge in [0.25, 0.3) is 0 Å². The molecule has 25 heteroatoms. The van der Waals surface area contributed by atoms with Gasteiger partial charge in [-0.2, -0.15) is 0 Å². The number of fused-ring (bicyclic) bond motifs is 2. The van der Waals surface area contributed by atoms with E-state index in [1.165, 1.54) is 17.2 Å². The summed E-state index contributed by atoms with van der Waals surface area (Å²) in [4.78, 5) is 50.9. The number of anilines is 2. The molecular weight excluding hydrogens is 682 g/mol. The molecule has 2 fully saturated rings. The third-order valence-electron chi connectivity index (χ3n) is 7.01. The lowest BCUT2D eigenvalue weighted by Gasteiger charge is -2.22. The van der Waals surface area contributed by atoms with Crippen molar-refractivity contribution >= 4 is 74.3 Å². The molecule has 2 aliphatic heterocycles. The Morgan fingerprint density at radius 1 is 0.889 bits per heavy atom. The van der Waals surface area contributed by atoms with Crippen LogP contribution in [-0.2, 0) is 32.2 Å². The first-order valence-electron chi connectivity index (χ1n) is 13.0. The standard InChI is InChI=1S/C20H26N10O11P2S2/c21-19-25-15-13(17(44)27-19)23-5-29(15)11-1-7(31)9(39-11)3-38-43(35,36)41-8-2-12(40-10(8)4-37-42(32,33)34)30-6-24-14-16(30)26-20(22)28-18(14)45/h5-12,31H,1-4H2,(H,35,36)(H2,32,33,34)(H3,21,25,27,44)(H3,22,26,28,45)/t7?,8?,9-,10-,11-,12-/m1/s1. The molecule has 6 rings (SSSR count). The molecule has 4 aromatic heterocycles. The average molecular weight is 709 g/mol. The number of phosphoric ester groups is 2. The molecule has 0 radical (unpaired) electrons. The van der Waals surface area contributed by atoms with E-state index in [1.54, 1.807) is 4.57 Å². The number of imidazole rings is 2. The van der Waals surface area contributed by atoms with Crippen LogP contribution >= 0.6 is 40.1 Å². The van der Waals surface area contributed by atoms with E-state index in [0.29, 0.717) is 22.3 Å². The zero-order chi connectivity index (χ0) is 32.3. The lowest BCUT2D eigenvalue weighted by atomic mass is 10.2. The van der Waals surface area contributed by atoms with Crippen molar-refractivity contribution in [2.75, 3.05) is 24.7 Å². The Labute approximate surface area is 261 Å². The summed E-state index contributed by atoms with van der Waals surface area (Å²) < 4.78 is 54.6. The van der Waals surface area contributed by atoms with Crippen LogP contribution in [0.3, 0.4) is 0 Å². The predicted molar refractivity (Wildman–Crippen MR) is 156 cm³/mol. The Hall–Kier alpha value is -2.76. The number of H-pyrrole nitrogens is 2. The van der Waals surface area contributed by atoms with Gasteiger partial charge in [0.15, 0.2) is 21.2 Å². The molecule has 0 aliphatic carbocycles. The monoisotopic (exact) mass is 708 g/mol. The number of nitrogens with one attached hydrogen (secondary N) is 2. The minimum atomic E-state index is -4.94. The van der Waals surface area contributed by atoms with Crippen LogP contribution in [0.5, 0.6) is 0 Å². The maximum Gasteiger partial charge on any atom is 0.472 e. The Kier molecular flexibility index (Phi) is 8.67. The molecule has 0 aromatic carbocycles. The Morgan fingerprint density at radius 3 is 1.96 bits per heavy atom. The number of hydrogen-bond acceptors (Lipinski definition) is 16. The molecule has 45 heavy (non-hydrogen) atoms. The number of aliphatic hydroxyl groups excluding tert-OH is 1. The number of aliphatic hydroxyl groups is 1. The van der Waals surface area contributed by atoms with E-state index in [-0.39, 0.29) is 34.0 Å². The highest BCUT2D eigenvalue weighted by Gasteiger charge is 2.44. The summed E-state index contributed by atoms with van der Waals surface area (Å²) in [5.74, 6) is 0.0539. The summed E-state index contributed by atoms with van der Waals surface area (Å²) in [6, 6.07) is 0. The van der Waals surface area contributed by atoms with Gasteiger partial charge in [-0.05, 0) is 0 Å². The number of nitrogens with two attached hydrogens (primary N) is 2. The molecule has 6 heterocycles. The van der Waals surface area contributed by atoms with Gasteiger partial charge < -0.3 is 50.7 Å². The van der Waals surface area contributed by atoms with Gasteiger partial charge in [-0.15, -0.1) is 0 Å². The van der Waals surface area contributed by atoms with Gasteiger partial charge in [-0.3, -0.25) is 22.7 Å². The van der Waals surface area contributed by atoms with Crippen LogP contribution in [0.2, 0.25) is 0 Å². The second-order valence-electron chi connectivity index (χ2n) is 10.0. The Morgan fingerprint density at radius 2 is 1.40 bits per heavy atom. The smallest absolute Gasteiger partial charge is 0.390 e. The first-order valence-corrected chi connectivity index (χ1v) is 16.8. The highest BCUT2D eigenvalue weighted by atomic mass is 32.1. The lowest BCUT2D eigenvalue weighted by Crippen LogP contribution is -2.29. The molecule has 0 bridgehead atoms. The second kappa shape index (κ2) is 12.1. The van der Waals surface area contributed by atoms with Gasteiger partial charge in [-0.25, -0.2) is 29.1 Å². The van der Waals surface area contributed by atoms with Crippen LogP contribution in [0.4, 0.5) is 11.9 Å². The summed E-state index contributed by atoms with van der Waals surface area (Å²) in [5, 5.41) is 10.6. The van der Waals surface area contributed by atoms with Crippen LogP contribution in [0.1, 0.15) is 25.3 Å². The number of rotatable bonds is 10. The largest absolute Gasteiger partial charge is 0.472 e. The van der Waals surface area contributed by atoms with Crippen molar-refractivity contribution in [2.45, 2.75) is 49.7 Å². The van der Waals surface area contributed by atoms with Gasteiger partial charge in [-0.1, -0.05) is 24.4 Å². The summed E-state index contributed by atoms with van der Waals surface area (Å²) in [7, 11) is -9.83. The van der Waals surface area contributed by atoms with E-state index in [9.17, 15) is 28.9 Å². The molecule has 7 atom stereocenters. The number of nitrogen functional groups attached to an aromatic ring is 2. The minimum absolute atomic E-state index is 0.00105. The van der Waals surface area contributed by atoms with Gasteiger partial charge in [0, 0.05) is 12.8 Å². The molecule has 10 N–H and O–H groups in total. The van der Waals surface area contributed by atoms with E-state index in [4.69, 9.17) is 54.4 Å². The lowest BCUT2D eigenvalue weighted by molar-refractivity contribution is -0.0549. The van der Waals surface area contributed by atoms with Crippen molar-refractivity contribution in [1.82, 2.24) is 39.0 Å². The van der Waals surface area contributed by atoms with Crippen LogP contribution in [-0.4, -0.2) is 96.5 Å². The molecule has 3 unspecified atom stereocenters. The Balaban J connectivity index is 1.14. The van der Waals surface area contributed by atoms with Gasteiger partial charge in [0.2, 0.25) is 0 Å². The number of hydrogen-bond donors (Lipinski definition) is 8. The van der Waals surface area contributed by atoms with E-state index >= 15 is 0 Å². The summed E-state index contributed by atoms with van der Waals surface area (Å²) in [5.41, 5.74) is 12.9. The topological polar surface area (TPSA) is 306 Å². The third-order valence-corrected chi connectivity index (χ3v) is 9.08. The maximum atomic E-state index is 13.0. The van der Waals surface area contributed by atoms with E-state index in [2.05, 4.69) is 34.4 Å². The zero-order valence-electron chi connectivity index (χ0n) is 22.6. The van der Waals surface area contributed by atoms with Crippen LogP contribution in [0.25, 0.3) is 22.3 Å². The molecule has 2 saturated heterocycles. The number of ether oxygens (including phenoxy) is 2. The number of aromatic nitrogens is 8. The Bertz CT molecular complexity index is 1960. The fraction of sp³-hybridized carbons (Fsp3) is 0.500. The number of aromatic amines is 2. The molecular formula is C20H26N10O11P2S2. The quantitative estimate of drug-likeness (QED) is 0.0830. The predicted octanol–water partition coefficient (Wildman–Crippen LogP) is 0.703. The van der Waals surface area contributed by atoms with Crippen molar-refractivity contribution < 1.29 is 52.0 Å². The SMILES string of the molecule is Nc1nc(=S)c2ncn([C@H]3CC(O)[C@@H](COP(=O)(O)OC4C[C@H](n5cnc6c(=S)nc(N)[nH]c65)O[C@@H]4COP(=O)(O)O)O3)c2[nH]1. The first kappa shape index (κ1) is 32.2. The fourth-order valence-electron chi connectivity index (χ4n) is 5.05. The normalized spacial score (nSPS) is 27.0. The molecule has 244 valence electrons. The molecule has 21 nitrogen and oxygen atoms in total. The van der Waals surface area contributed by atoms with E-state index in [0.717, 1.165) is 0 Å². The molecule has 0 saturated carbocycles. The maximum absolute atomic E-state index is 13.0. The van der Waals surface area contributed by atoms with Crippen LogP contribution in [0.15, 0.2) is 12.7 Å². The minimum Gasteiger partial charge on any atom is -0.390 e. The van der Waals surface area contributed by atoms with Crippen LogP contribution < -0.4 is 11.5 Å². The van der Waals surface area contributed by atoms with Crippen molar-refractivity contribution in [2.24, 2.45) is 0 Å². The number of nitrogens with zero attached hydrogens (tertiary/aromatic N) is 6. The first-order chi connectivity index (χ1) is 21.2. The van der Waals surface area contributed by atoms with Crippen molar-refractivity contribution in [1.29, 1.82) is 0 Å². The van der Waals surface area contributed by atoms with Crippen molar-refractivity contribution in [3.05, 3.63) is 21.9 Å². The van der Waals surface area contributed by atoms with Crippen LogP contribution in [0, 0.1) is 9.28 Å². The summed E-state index contributed by atoms with van der Waals surface area (Å²) in [6.07, 6.45) is -3.63. The number of phosphoric acid groups is 2. The second-order valence-corrected chi connectivity index (χ2v) is 13.5. The molecule has 0 amide bonds. The molecule has 0 spiro atoms. The van der Waals surface area contributed by atoms with Gasteiger partial charge >= 0.3 is 15.6 Å². The van der Waals surface area contributed by atoms with E-state index < -0.39 is 65.7 Å². The van der Waals surface area contributed by atoms with Gasteiger partial charge in [0.1, 0.15) is 53.1 Å². The highest BCUT2D eigenvalue weighted by Crippen LogP contribution is 2.50. The van der Waals surface area contributed by atoms with Gasteiger partial charge in [0.05, 0.1) is 32.0 Å².